The van der Waals surface area contributed by atoms with E-state index in [1.165, 1.54) is 18.7 Å². The van der Waals surface area contributed by atoms with Crippen LogP contribution in [0.2, 0.25) is 0 Å². The highest BCUT2D eigenvalue weighted by Crippen LogP contribution is 2.14. The molecule has 1 saturated heterocycles. The van der Waals surface area contributed by atoms with Crippen molar-refractivity contribution in [2.24, 2.45) is 5.92 Å². The average Bonchev–Trinajstić information content (AvgIpc) is 2.15. The zero-order chi connectivity index (χ0) is 8.81. The molecule has 0 aliphatic carbocycles. The van der Waals surface area contributed by atoms with Gasteiger partial charge in [0.2, 0.25) is 0 Å². The number of likely N-dealkylation sites (tertiary alicyclic amines) is 1. The van der Waals surface area contributed by atoms with Gasteiger partial charge in [-0.1, -0.05) is 0 Å². The molecular weight excluding hydrogens is 170 g/mol. The summed E-state index contributed by atoms with van der Waals surface area (Å²) in [6, 6.07) is 0. The van der Waals surface area contributed by atoms with Crippen molar-refractivity contribution < 1.29 is 4.79 Å². The summed E-state index contributed by atoms with van der Waals surface area (Å²) >= 11 is 1.87. The molecule has 1 fully saturated rings. The maximum atomic E-state index is 10.5. The highest BCUT2D eigenvalue weighted by Gasteiger charge is 2.18. The van der Waals surface area contributed by atoms with Gasteiger partial charge < -0.3 is 9.69 Å². The predicted octanol–water partition coefficient (Wildman–Crippen LogP) is 1.26. The fraction of sp³-hybridized carbons (Fsp3) is 0.889. The van der Waals surface area contributed by atoms with Crippen LogP contribution in [0.4, 0.5) is 0 Å². The molecule has 0 N–H and O–H groups in total. The van der Waals surface area contributed by atoms with Gasteiger partial charge in [-0.25, -0.2) is 0 Å². The Morgan fingerprint density at radius 3 is 3.17 bits per heavy atom. The van der Waals surface area contributed by atoms with Gasteiger partial charge in [0.1, 0.15) is 6.29 Å². The molecule has 1 heterocycles. The van der Waals surface area contributed by atoms with Crippen LogP contribution in [0.5, 0.6) is 0 Å². The average molecular weight is 187 g/mol. The number of piperidine rings is 1. The van der Waals surface area contributed by atoms with E-state index in [0.29, 0.717) is 5.92 Å². The van der Waals surface area contributed by atoms with Crippen LogP contribution in [0.1, 0.15) is 12.8 Å². The van der Waals surface area contributed by atoms with E-state index in [4.69, 9.17) is 0 Å². The lowest BCUT2D eigenvalue weighted by atomic mass is 10.00. The van der Waals surface area contributed by atoms with Gasteiger partial charge in [0.05, 0.1) is 0 Å². The second kappa shape index (κ2) is 5.60. The van der Waals surface area contributed by atoms with Crippen LogP contribution in [0, 0.1) is 5.92 Å². The summed E-state index contributed by atoms with van der Waals surface area (Å²) in [5.74, 6) is 1.49. The first-order valence-corrected chi connectivity index (χ1v) is 5.92. The van der Waals surface area contributed by atoms with E-state index in [1.54, 1.807) is 0 Å². The molecule has 1 atom stereocenters. The fourth-order valence-electron chi connectivity index (χ4n) is 1.63. The third-order valence-corrected chi connectivity index (χ3v) is 2.94. The Morgan fingerprint density at radius 2 is 2.50 bits per heavy atom. The summed E-state index contributed by atoms with van der Waals surface area (Å²) in [6.45, 7) is 3.32. The molecule has 0 aromatic rings. The van der Waals surface area contributed by atoms with E-state index in [-0.39, 0.29) is 0 Å². The molecule has 1 aliphatic heterocycles. The van der Waals surface area contributed by atoms with Crippen molar-refractivity contribution in [3.63, 3.8) is 0 Å². The third kappa shape index (κ3) is 3.15. The van der Waals surface area contributed by atoms with E-state index < -0.39 is 0 Å². The standard InChI is InChI=1S/C9H17NOS/c1-12-6-5-10-4-2-3-9(7-10)8-11/h8-9H,2-7H2,1H3. The Morgan fingerprint density at radius 1 is 1.67 bits per heavy atom. The first kappa shape index (κ1) is 10.1. The van der Waals surface area contributed by atoms with Gasteiger partial charge in [-0.05, 0) is 25.6 Å². The number of hydrogen-bond donors (Lipinski definition) is 0. The molecule has 1 unspecified atom stereocenters. The normalized spacial score (nSPS) is 25.6. The van der Waals surface area contributed by atoms with Crippen LogP contribution < -0.4 is 0 Å². The van der Waals surface area contributed by atoms with Crippen LogP contribution in [-0.2, 0) is 4.79 Å². The number of aldehydes is 1. The van der Waals surface area contributed by atoms with E-state index in [2.05, 4.69) is 11.2 Å². The Kier molecular flexibility index (Phi) is 4.69. The molecule has 70 valence electrons. The number of hydrogen-bond acceptors (Lipinski definition) is 3. The van der Waals surface area contributed by atoms with Crippen LogP contribution in [0.15, 0.2) is 0 Å². The lowest BCUT2D eigenvalue weighted by Gasteiger charge is -2.29. The summed E-state index contributed by atoms with van der Waals surface area (Å²) in [5, 5.41) is 0. The molecule has 12 heavy (non-hydrogen) atoms. The Labute approximate surface area is 78.7 Å². The molecule has 3 heteroatoms. The number of carbonyl (C=O) groups excluding carboxylic acids is 1. The summed E-state index contributed by atoms with van der Waals surface area (Å²) in [4.78, 5) is 12.9. The minimum Gasteiger partial charge on any atom is -0.303 e. The van der Waals surface area contributed by atoms with Crippen LogP contribution in [0.25, 0.3) is 0 Å². The fourth-order valence-corrected chi connectivity index (χ4v) is 2.07. The molecule has 0 saturated carbocycles. The highest BCUT2D eigenvalue weighted by atomic mass is 32.2. The van der Waals surface area contributed by atoms with Gasteiger partial charge in [0.15, 0.2) is 0 Å². The molecule has 1 aliphatic rings. The maximum absolute atomic E-state index is 10.5. The molecule has 1 rings (SSSR count). The minimum absolute atomic E-state index is 0.306. The second-order valence-corrected chi connectivity index (χ2v) is 4.32. The van der Waals surface area contributed by atoms with Crippen LogP contribution in [-0.4, -0.2) is 42.8 Å². The topological polar surface area (TPSA) is 20.3 Å². The first-order valence-electron chi connectivity index (χ1n) is 4.53. The van der Waals surface area contributed by atoms with Crippen LogP contribution in [0.3, 0.4) is 0 Å². The van der Waals surface area contributed by atoms with E-state index in [9.17, 15) is 4.79 Å². The van der Waals surface area contributed by atoms with Gasteiger partial charge in [-0.3, -0.25) is 0 Å². The lowest BCUT2D eigenvalue weighted by Crippen LogP contribution is -2.37. The zero-order valence-corrected chi connectivity index (χ0v) is 8.48. The number of nitrogens with zero attached hydrogens (tertiary/aromatic N) is 1. The molecule has 0 spiro atoms. The Balaban J connectivity index is 2.20. The van der Waals surface area contributed by atoms with Gasteiger partial charge in [-0.15, -0.1) is 0 Å². The largest absolute Gasteiger partial charge is 0.303 e. The third-order valence-electron chi connectivity index (χ3n) is 2.35. The van der Waals surface area contributed by atoms with Crippen molar-refractivity contribution in [1.82, 2.24) is 4.90 Å². The molecule has 0 aromatic carbocycles. The summed E-state index contributed by atoms with van der Waals surface area (Å²) < 4.78 is 0. The van der Waals surface area contributed by atoms with Crippen molar-refractivity contribution in [2.45, 2.75) is 12.8 Å². The van der Waals surface area contributed by atoms with Gasteiger partial charge in [0, 0.05) is 24.8 Å². The van der Waals surface area contributed by atoms with Crippen molar-refractivity contribution in [3.05, 3.63) is 0 Å². The SMILES string of the molecule is CSCCN1CCCC(C=O)C1. The van der Waals surface area contributed by atoms with Crippen LogP contribution >= 0.6 is 11.8 Å². The van der Waals surface area contributed by atoms with Gasteiger partial charge in [0.25, 0.3) is 0 Å². The van der Waals surface area contributed by atoms with Crippen molar-refractivity contribution >= 4 is 18.0 Å². The van der Waals surface area contributed by atoms with Crippen molar-refractivity contribution in [3.8, 4) is 0 Å². The van der Waals surface area contributed by atoms with E-state index in [0.717, 1.165) is 25.8 Å². The van der Waals surface area contributed by atoms with Crippen molar-refractivity contribution in [1.29, 1.82) is 0 Å². The molecular formula is C9H17NOS. The lowest BCUT2D eigenvalue weighted by molar-refractivity contribution is -0.112. The quantitative estimate of drug-likeness (QED) is 0.618. The molecule has 0 bridgehead atoms. The maximum Gasteiger partial charge on any atom is 0.124 e. The van der Waals surface area contributed by atoms with Gasteiger partial charge >= 0.3 is 0 Å². The number of carbonyl (C=O) groups is 1. The summed E-state index contributed by atoms with van der Waals surface area (Å²) in [6.07, 6.45) is 5.53. The van der Waals surface area contributed by atoms with E-state index in [1.807, 2.05) is 11.8 Å². The van der Waals surface area contributed by atoms with Crippen molar-refractivity contribution in [2.75, 3.05) is 31.6 Å². The smallest absolute Gasteiger partial charge is 0.124 e. The zero-order valence-electron chi connectivity index (χ0n) is 7.66. The first-order chi connectivity index (χ1) is 5.86. The van der Waals surface area contributed by atoms with E-state index >= 15 is 0 Å². The monoisotopic (exact) mass is 187 g/mol. The molecule has 0 amide bonds. The second-order valence-electron chi connectivity index (χ2n) is 3.33. The minimum atomic E-state index is 0.306. The highest BCUT2D eigenvalue weighted by molar-refractivity contribution is 7.98. The molecule has 0 radical (unpaired) electrons. The Hall–Kier alpha value is -0.0200. The number of rotatable bonds is 4. The Bertz CT molecular complexity index is 140. The summed E-state index contributed by atoms with van der Waals surface area (Å²) in [7, 11) is 0. The van der Waals surface area contributed by atoms with Gasteiger partial charge in [-0.2, -0.15) is 11.8 Å². The summed E-state index contributed by atoms with van der Waals surface area (Å²) in [5.41, 5.74) is 0. The predicted molar refractivity (Wildman–Crippen MR) is 53.6 cm³/mol. The number of thioether (sulfide) groups is 1. The molecule has 2 nitrogen and oxygen atoms in total. The molecule has 0 aromatic heterocycles.